The molecular weight excluding hydrogens is 204 g/mol. The highest BCUT2D eigenvalue weighted by molar-refractivity contribution is 5.90. The van der Waals surface area contributed by atoms with Gasteiger partial charge in [-0.25, -0.2) is 4.89 Å². The van der Waals surface area contributed by atoms with E-state index >= 15 is 0 Å². The summed E-state index contributed by atoms with van der Waals surface area (Å²) in [7, 11) is 0. The first-order chi connectivity index (χ1) is 7.54. The molecule has 1 rings (SSSR count). The zero-order valence-electron chi connectivity index (χ0n) is 10.3. The summed E-state index contributed by atoms with van der Waals surface area (Å²) in [6, 6.07) is 0. The van der Waals surface area contributed by atoms with Crippen LogP contribution >= 0.6 is 0 Å². The molecule has 0 aromatic carbocycles. The number of carbonyl (C=O) groups excluding carboxylic acids is 1. The van der Waals surface area contributed by atoms with Gasteiger partial charge < -0.3 is 0 Å². The predicted octanol–water partition coefficient (Wildman–Crippen LogP) is 3.35. The number of ketones is 1. The lowest BCUT2D eigenvalue weighted by Gasteiger charge is -2.34. The van der Waals surface area contributed by atoms with E-state index in [9.17, 15) is 4.79 Å². The fourth-order valence-corrected chi connectivity index (χ4v) is 2.32. The lowest BCUT2D eigenvalue weighted by Crippen LogP contribution is -2.44. The van der Waals surface area contributed by atoms with Gasteiger partial charge in [0.2, 0.25) is 0 Å². The standard InChI is InChI=1S/C13H22O3/c1-10(2)11(3)13(16-15)9-7-5-4-6-8-12(13)14/h10,15H,3-9H2,1-2H3/t13-/m1/s1. The van der Waals surface area contributed by atoms with E-state index < -0.39 is 5.60 Å². The SMILES string of the molecule is C=C(C(C)C)[C@]1(OO)CCCCCCC1=O. The van der Waals surface area contributed by atoms with E-state index in [0.717, 1.165) is 25.7 Å². The maximum atomic E-state index is 12.1. The Bertz CT molecular complexity index is 270. The Morgan fingerprint density at radius 3 is 2.56 bits per heavy atom. The molecule has 1 N–H and O–H groups in total. The van der Waals surface area contributed by atoms with Gasteiger partial charge in [-0.05, 0) is 30.8 Å². The summed E-state index contributed by atoms with van der Waals surface area (Å²) in [5, 5.41) is 9.17. The lowest BCUT2D eigenvalue weighted by molar-refractivity contribution is -0.303. The van der Waals surface area contributed by atoms with Crippen LogP contribution < -0.4 is 0 Å². The minimum Gasteiger partial charge on any atom is -0.296 e. The molecule has 1 saturated carbocycles. The molecule has 16 heavy (non-hydrogen) atoms. The Hall–Kier alpha value is -0.670. The normalized spacial score (nSPS) is 27.6. The molecule has 3 nitrogen and oxygen atoms in total. The molecule has 0 saturated heterocycles. The van der Waals surface area contributed by atoms with E-state index in [1.165, 1.54) is 0 Å². The molecule has 1 atom stereocenters. The highest BCUT2D eigenvalue weighted by atomic mass is 17.1. The van der Waals surface area contributed by atoms with Gasteiger partial charge in [0.1, 0.15) is 0 Å². The molecule has 0 aromatic heterocycles. The largest absolute Gasteiger partial charge is 0.296 e. The topological polar surface area (TPSA) is 46.5 Å². The summed E-state index contributed by atoms with van der Waals surface area (Å²) in [5.41, 5.74) is -0.448. The predicted molar refractivity (Wildman–Crippen MR) is 63.1 cm³/mol. The van der Waals surface area contributed by atoms with Gasteiger partial charge in [0.05, 0.1) is 0 Å². The fourth-order valence-electron chi connectivity index (χ4n) is 2.32. The molecule has 0 bridgehead atoms. The second-order valence-corrected chi connectivity index (χ2v) is 4.94. The molecular formula is C13H22O3. The van der Waals surface area contributed by atoms with Gasteiger partial charge in [0.25, 0.3) is 0 Å². The fraction of sp³-hybridized carbons (Fsp3) is 0.769. The summed E-state index contributed by atoms with van der Waals surface area (Å²) in [6.45, 7) is 7.87. The Morgan fingerprint density at radius 2 is 2.00 bits per heavy atom. The van der Waals surface area contributed by atoms with Crippen LogP contribution in [-0.2, 0) is 9.68 Å². The smallest absolute Gasteiger partial charge is 0.182 e. The van der Waals surface area contributed by atoms with Crippen molar-refractivity contribution >= 4 is 5.78 Å². The van der Waals surface area contributed by atoms with E-state index in [1.807, 2.05) is 13.8 Å². The Morgan fingerprint density at radius 1 is 1.38 bits per heavy atom. The van der Waals surface area contributed by atoms with Crippen LogP contribution in [0.5, 0.6) is 0 Å². The first-order valence-corrected chi connectivity index (χ1v) is 6.09. The Labute approximate surface area is 97.4 Å². The summed E-state index contributed by atoms with van der Waals surface area (Å²) in [6.07, 6.45) is 4.99. The first kappa shape index (κ1) is 13.4. The zero-order chi connectivity index (χ0) is 12.2. The van der Waals surface area contributed by atoms with Crippen LogP contribution in [0.25, 0.3) is 0 Å². The van der Waals surface area contributed by atoms with Crippen molar-refractivity contribution in [3.8, 4) is 0 Å². The van der Waals surface area contributed by atoms with Crippen molar-refractivity contribution in [2.45, 2.75) is 58.0 Å². The van der Waals surface area contributed by atoms with Gasteiger partial charge in [-0.3, -0.25) is 10.1 Å². The molecule has 1 fully saturated rings. The molecule has 3 heteroatoms. The number of rotatable bonds is 3. The molecule has 0 spiro atoms. The molecule has 0 amide bonds. The van der Waals surface area contributed by atoms with Crippen LogP contribution in [0.3, 0.4) is 0 Å². The summed E-state index contributed by atoms with van der Waals surface area (Å²) < 4.78 is 0. The van der Waals surface area contributed by atoms with Crippen LogP contribution in [0.1, 0.15) is 52.4 Å². The van der Waals surface area contributed by atoms with E-state index in [4.69, 9.17) is 5.26 Å². The molecule has 0 aromatic rings. The average molecular weight is 226 g/mol. The maximum absolute atomic E-state index is 12.1. The summed E-state index contributed by atoms with van der Waals surface area (Å²) in [4.78, 5) is 16.7. The number of hydrogen-bond donors (Lipinski definition) is 1. The van der Waals surface area contributed by atoms with Crippen molar-refractivity contribution in [2.24, 2.45) is 5.92 Å². The van der Waals surface area contributed by atoms with Crippen molar-refractivity contribution in [1.29, 1.82) is 0 Å². The summed E-state index contributed by atoms with van der Waals surface area (Å²) in [5.74, 6) is 0.115. The molecule has 1 aliphatic rings. The molecule has 0 unspecified atom stereocenters. The quantitative estimate of drug-likeness (QED) is 0.456. The van der Waals surface area contributed by atoms with Gasteiger partial charge in [-0.1, -0.05) is 33.3 Å². The van der Waals surface area contributed by atoms with E-state index in [-0.39, 0.29) is 11.7 Å². The van der Waals surface area contributed by atoms with Crippen molar-refractivity contribution < 1.29 is 14.9 Å². The number of carbonyl (C=O) groups is 1. The first-order valence-electron chi connectivity index (χ1n) is 6.09. The van der Waals surface area contributed by atoms with Gasteiger partial charge >= 0.3 is 0 Å². The lowest BCUT2D eigenvalue weighted by atomic mass is 9.77. The Balaban J connectivity index is 2.95. The second kappa shape index (κ2) is 5.60. The van der Waals surface area contributed by atoms with Crippen molar-refractivity contribution in [2.75, 3.05) is 0 Å². The minimum absolute atomic E-state index is 0.0200. The molecule has 92 valence electrons. The van der Waals surface area contributed by atoms with E-state index in [2.05, 4.69) is 11.5 Å². The summed E-state index contributed by atoms with van der Waals surface area (Å²) >= 11 is 0. The van der Waals surface area contributed by atoms with E-state index in [0.29, 0.717) is 18.4 Å². The third-order valence-electron chi connectivity index (χ3n) is 3.50. The van der Waals surface area contributed by atoms with Crippen LogP contribution in [0, 0.1) is 5.92 Å². The molecule has 0 heterocycles. The molecule has 1 aliphatic carbocycles. The second-order valence-electron chi connectivity index (χ2n) is 4.94. The number of hydrogen-bond acceptors (Lipinski definition) is 3. The van der Waals surface area contributed by atoms with Crippen LogP contribution in [0.15, 0.2) is 12.2 Å². The van der Waals surface area contributed by atoms with Gasteiger partial charge in [0.15, 0.2) is 11.4 Å². The highest BCUT2D eigenvalue weighted by Crippen LogP contribution is 2.35. The molecule has 0 radical (unpaired) electrons. The van der Waals surface area contributed by atoms with Crippen LogP contribution in [0.4, 0.5) is 0 Å². The minimum atomic E-state index is -1.14. The number of Topliss-reactive ketones (excluding diaryl/α,β-unsaturated/α-hetero) is 1. The molecule has 0 aliphatic heterocycles. The van der Waals surface area contributed by atoms with Crippen LogP contribution in [0.2, 0.25) is 0 Å². The van der Waals surface area contributed by atoms with Crippen molar-refractivity contribution in [3.63, 3.8) is 0 Å². The Kier molecular flexibility index (Phi) is 4.69. The third-order valence-corrected chi connectivity index (χ3v) is 3.50. The van der Waals surface area contributed by atoms with Crippen molar-refractivity contribution in [1.82, 2.24) is 0 Å². The monoisotopic (exact) mass is 226 g/mol. The van der Waals surface area contributed by atoms with E-state index in [1.54, 1.807) is 0 Å². The van der Waals surface area contributed by atoms with Crippen LogP contribution in [-0.4, -0.2) is 16.6 Å². The maximum Gasteiger partial charge on any atom is 0.182 e. The van der Waals surface area contributed by atoms with Gasteiger partial charge in [-0.15, -0.1) is 0 Å². The van der Waals surface area contributed by atoms with Gasteiger partial charge in [0, 0.05) is 6.42 Å². The van der Waals surface area contributed by atoms with Crippen molar-refractivity contribution in [3.05, 3.63) is 12.2 Å². The highest BCUT2D eigenvalue weighted by Gasteiger charge is 2.43. The van der Waals surface area contributed by atoms with Gasteiger partial charge in [-0.2, -0.15) is 0 Å². The third kappa shape index (κ3) is 2.53. The average Bonchev–Trinajstić information content (AvgIpc) is 2.24. The zero-order valence-corrected chi connectivity index (χ0v) is 10.3.